The van der Waals surface area contributed by atoms with Gasteiger partial charge in [0.1, 0.15) is 0 Å². The molecule has 1 N–H and O–H groups in total. The second kappa shape index (κ2) is 7.42. The molecule has 1 aromatic rings. The zero-order valence-corrected chi connectivity index (χ0v) is 12.0. The average molecular weight is 290 g/mol. The van der Waals surface area contributed by atoms with Gasteiger partial charge in [-0.2, -0.15) is 0 Å². The summed E-state index contributed by atoms with van der Waals surface area (Å²) < 4.78 is 1.25. The summed E-state index contributed by atoms with van der Waals surface area (Å²) in [5.41, 5.74) is 0. The molecule has 1 aromatic heterocycles. The van der Waals surface area contributed by atoms with Gasteiger partial charge >= 0.3 is 0 Å². The molecule has 0 saturated carbocycles. The Hall–Kier alpha value is 0.140. The van der Waals surface area contributed by atoms with Crippen LogP contribution in [0.1, 0.15) is 38.0 Å². The van der Waals surface area contributed by atoms with E-state index in [0.717, 1.165) is 6.54 Å². The Morgan fingerprint density at radius 2 is 2.07 bits per heavy atom. The molecule has 0 spiro atoms. The van der Waals surface area contributed by atoms with Crippen molar-refractivity contribution in [3.05, 3.63) is 20.8 Å². The highest BCUT2D eigenvalue weighted by atomic mass is 79.9. The first-order valence-electron chi connectivity index (χ1n) is 5.66. The molecule has 0 atom stereocenters. The van der Waals surface area contributed by atoms with Crippen LogP contribution in [0.15, 0.2) is 15.9 Å². The number of thiophene rings is 1. The summed E-state index contributed by atoms with van der Waals surface area (Å²) in [7, 11) is 0. The molecule has 3 heteroatoms. The van der Waals surface area contributed by atoms with E-state index < -0.39 is 0 Å². The van der Waals surface area contributed by atoms with Gasteiger partial charge in [-0.3, -0.25) is 0 Å². The molecule has 0 bridgehead atoms. The maximum absolute atomic E-state index is 3.49. The lowest BCUT2D eigenvalue weighted by atomic mass is 10.1. The third-order valence-electron chi connectivity index (χ3n) is 2.28. The van der Waals surface area contributed by atoms with E-state index in [2.05, 4.69) is 47.2 Å². The normalized spacial score (nSPS) is 11.2. The summed E-state index contributed by atoms with van der Waals surface area (Å²) in [5, 5.41) is 3.44. The number of halogens is 1. The van der Waals surface area contributed by atoms with Crippen LogP contribution in [0.4, 0.5) is 0 Å². The smallest absolute Gasteiger partial charge is 0.0701 e. The molecule has 0 amide bonds. The molecular formula is C12H20BrNS. The SMILES string of the molecule is CC(C)NCCCCCc1ccc(Br)s1. The molecule has 0 aliphatic carbocycles. The molecule has 0 unspecified atom stereocenters. The predicted molar refractivity (Wildman–Crippen MR) is 72.7 cm³/mol. The van der Waals surface area contributed by atoms with Crippen molar-refractivity contribution in [1.29, 1.82) is 0 Å². The van der Waals surface area contributed by atoms with E-state index in [0.29, 0.717) is 6.04 Å². The Morgan fingerprint density at radius 1 is 1.27 bits per heavy atom. The molecule has 1 rings (SSSR count). The number of rotatable bonds is 7. The summed E-state index contributed by atoms with van der Waals surface area (Å²) in [4.78, 5) is 1.50. The largest absolute Gasteiger partial charge is 0.315 e. The Balaban J connectivity index is 1.98. The van der Waals surface area contributed by atoms with Crippen LogP contribution in [0.3, 0.4) is 0 Å². The number of hydrogen-bond donors (Lipinski definition) is 1. The molecule has 0 aromatic carbocycles. The first-order valence-corrected chi connectivity index (χ1v) is 7.27. The summed E-state index contributed by atoms with van der Waals surface area (Å²) in [6.07, 6.45) is 5.17. The lowest BCUT2D eigenvalue weighted by molar-refractivity contribution is 0.549. The van der Waals surface area contributed by atoms with E-state index in [-0.39, 0.29) is 0 Å². The molecule has 15 heavy (non-hydrogen) atoms. The van der Waals surface area contributed by atoms with Crippen molar-refractivity contribution in [2.45, 2.75) is 45.6 Å². The Labute approximate surface area is 105 Å². The maximum atomic E-state index is 3.49. The molecule has 0 aliphatic rings. The molecule has 0 saturated heterocycles. The molecular weight excluding hydrogens is 270 g/mol. The third-order valence-corrected chi connectivity index (χ3v) is 3.96. The highest BCUT2D eigenvalue weighted by Crippen LogP contribution is 2.23. The van der Waals surface area contributed by atoms with Gasteiger partial charge in [-0.25, -0.2) is 0 Å². The third kappa shape index (κ3) is 6.33. The highest BCUT2D eigenvalue weighted by molar-refractivity contribution is 9.11. The van der Waals surface area contributed by atoms with Gasteiger partial charge in [0.2, 0.25) is 0 Å². The second-order valence-corrected chi connectivity index (χ2v) is 6.67. The zero-order valence-electron chi connectivity index (χ0n) is 9.55. The van der Waals surface area contributed by atoms with Crippen LogP contribution in [0.5, 0.6) is 0 Å². The monoisotopic (exact) mass is 289 g/mol. The van der Waals surface area contributed by atoms with Crippen molar-refractivity contribution in [1.82, 2.24) is 5.32 Å². The lowest BCUT2D eigenvalue weighted by Crippen LogP contribution is -2.23. The Kier molecular flexibility index (Phi) is 6.53. The van der Waals surface area contributed by atoms with E-state index in [1.54, 1.807) is 0 Å². The van der Waals surface area contributed by atoms with Gasteiger partial charge in [0.05, 0.1) is 3.79 Å². The van der Waals surface area contributed by atoms with Crippen molar-refractivity contribution in [2.24, 2.45) is 0 Å². The predicted octanol–water partition coefficient (Wildman–Crippen LogP) is 4.22. The minimum Gasteiger partial charge on any atom is -0.315 e. The fourth-order valence-electron chi connectivity index (χ4n) is 1.48. The fraction of sp³-hybridized carbons (Fsp3) is 0.667. The van der Waals surface area contributed by atoms with Crippen LogP contribution in [-0.4, -0.2) is 12.6 Å². The van der Waals surface area contributed by atoms with Gasteiger partial charge in [0, 0.05) is 10.9 Å². The van der Waals surface area contributed by atoms with E-state index in [9.17, 15) is 0 Å². The van der Waals surface area contributed by atoms with Gasteiger partial charge < -0.3 is 5.32 Å². The number of hydrogen-bond acceptors (Lipinski definition) is 2. The van der Waals surface area contributed by atoms with Crippen LogP contribution in [0.25, 0.3) is 0 Å². The van der Waals surface area contributed by atoms with Crippen molar-refractivity contribution < 1.29 is 0 Å². The van der Waals surface area contributed by atoms with Crippen LogP contribution < -0.4 is 5.32 Å². The van der Waals surface area contributed by atoms with E-state index in [1.807, 2.05) is 11.3 Å². The van der Waals surface area contributed by atoms with Crippen LogP contribution in [-0.2, 0) is 6.42 Å². The van der Waals surface area contributed by atoms with Crippen LogP contribution >= 0.6 is 27.3 Å². The zero-order chi connectivity index (χ0) is 11.1. The molecule has 86 valence electrons. The van der Waals surface area contributed by atoms with Crippen molar-refractivity contribution in [2.75, 3.05) is 6.54 Å². The summed E-state index contributed by atoms with van der Waals surface area (Å²) in [6, 6.07) is 4.99. The van der Waals surface area contributed by atoms with Crippen molar-refractivity contribution in [3.63, 3.8) is 0 Å². The minimum atomic E-state index is 0.623. The second-order valence-electron chi connectivity index (χ2n) is 4.13. The first-order chi connectivity index (χ1) is 7.18. The molecule has 1 nitrogen and oxygen atoms in total. The quantitative estimate of drug-likeness (QED) is 0.741. The average Bonchev–Trinajstić information content (AvgIpc) is 2.57. The van der Waals surface area contributed by atoms with E-state index >= 15 is 0 Å². The van der Waals surface area contributed by atoms with Gasteiger partial charge in [-0.15, -0.1) is 11.3 Å². The lowest BCUT2D eigenvalue weighted by Gasteiger charge is -2.06. The van der Waals surface area contributed by atoms with Gasteiger partial charge in [0.25, 0.3) is 0 Å². The summed E-state index contributed by atoms with van der Waals surface area (Å²) >= 11 is 5.35. The van der Waals surface area contributed by atoms with Gasteiger partial charge in [-0.1, -0.05) is 20.3 Å². The fourth-order valence-corrected chi connectivity index (χ4v) is 3.00. The van der Waals surface area contributed by atoms with Gasteiger partial charge in [0.15, 0.2) is 0 Å². The maximum Gasteiger partial charge on any atom is 0.0701 e. The molecule has 0 radical (unpaired) electrons. The topological polar surface area (TPSA) is 12.0 Å². The van der Waals surface area contributed by atoms with E-state index in [1.165, 1.54) is 34.3 Å². The summed E-state index contributed by atoms with van der Waals surface area (Å²) in [6.45, 7) is 5.55. The van der Waals surface area contributed by atoms with Crippen molar-refractivity contribution in [3.8, 4) is 0 Å². The Bertz CT molecular complexity index is 270. The highest BCUT2D eigenvalue weighted by Gasteiger charge is 1.97. The van der Waals surface area contributed by atoms with E-state index in [4.69, 9.17) is 0 Å². The molecule has 0 fully saturated rings. The first kappa shape index (κ1) is 13.2. The minimum absolute atomic E-state index is 0.623. The number of nitrogens with one attached hydrogen (secondary N) is 1. The van der Waals surface area contributed by atoms with Crippen LogP contribution in [0, 0.1) is 0 Å². The molecule has 0 aliphatic heterocycles. The van der Waals surface area contributed by atoms with Gasteiger partial charge in [-0.05, 0) is 53.9 Å². The summed E-state index contributed by atoms with van der Waals surface area (Å²) in [5.74, 6) is 0. The van der Waals surface area contributed by atoms with Crippen LogP contribution in [0.2, 0.25) is 0 Å². The number of unbranched alkanes of at least 4 members (excludes halogenated alkanes) is 2. The number of aryl methyl sites for hydroxylation is 1. The van der Waals surface area contributed by atoms with Crippen molar-refractivity contribution >= 4 is 27.3 Å². The standard InChI is InChI=1S/C12H20BrNS/c1-10(2)14-9-5-3-4-6-11-7-8-12(13)15-11/h7-8,10,14H,3-6,9H2,1-2H3. The Morgan fingerprint density at radius 3 is 2.67 bits per heavy atom. The molecule has 1 heterocycles.